The van der Waals surface area contributed by atoms with Crippen molar-refractivity contribution in [3.8, 4) is 0 Å². The maximum absolute atomic E-state index is 13.4. The van der Waals surface area contributed by atoms with Crippen LogP contribution in [-0.4, -0.2) is 0 Å². The van der Waals surface area contributed by atoms with Gasteiger partial charge in [0.1, 0.15) is 5.82 Å². The fraction of sp³-hybridized carbons (Fsp3) is 0.294. The number of anilines is 1. The van der Waals surface area contributed by atoms with Gasteiger partial charge in [-0.3, -0.25) is 0 Å². The van der Waals surface area contributed by atoms with Crippen molar-refractivity contribution < 1.29 is 4.39 Å². The molecule has 0 aromatic heterocycles. The maximum Gasteiger partial charge on any atom is 0.128 e. The predicted octanol–water partition coefficient (Wildman–Crippen LogP) is 4.62. The lowest BCUT2D eigenvalue weighted by Gasteiger charge is -2.10. The second-order valence-corrected chi connectivity index (χ2v) is 5.28. The van der Waals surface area contributed by atoms with Crippen molar-refractivity contribution in [3.05, 3.63) is 65.0 Å². The number of rotatable bonds is 4. The summed E-state index contributed by atoms with van der Waals surface area (Å²) in [6.45, 7) is 2.53. The van der Waals surface area contributed by atoms with Crippen LogP contribution in [0.3, 0.4) is 0 Å². The molecule has 0 saturated heterocycles. The molecule has 0 amide bonds. The Bertz CT molecular complexity index is 570. The summed E-state index contributed by atoms with van der Waals surface area (Å²) in [4.78, 5) is 0. The highest BCUT2D eigenvalue weighted by Crippen LogP contribution is 2.39. The van der Waals surface area contributed by atoms with E-state index in [1.807, 2.05) is 6.07 Å². The molecule has 1 aliphatic rings. The van der Waals surface area contributed by atoms with Crippen LogP contribution >= 0.6 is 0 Å². The molecule has 0 spiro atoms. The monoisotopic (exact) mass is 255 g/mol. The van der Waals surface area contributed by atoms with Gasteiger partial charge >= 0.3 is 0 Å². The SMILES string of the molecule is Cc1c(F)cccc1NCc1ccc(C2CC2)cc1. The molecule has 1 aliphatic carbocycles. The molecule has 0 aliphatic heterocycles. The Hall–Kier alpha value is -1.83. The average Bonchev–Trinajstić information content (AvgIpc) is 3.26. The number of nitrogens with one attached hydrogen (secondary N) is 1. The number of hydrogen-bond donors (Lipinski definition) is 1. The van der Waals surface area contributed by atoms with Crippen molar-refractivity contribution in [1.82, 2.24) is 0 Å². The first-order chi connectivity index (χ1) is 9.24. The van der Waals surface area contributed by atoms with Gasteiger partial charge in [-0.2, -0.15) is 0 Å². The molecule has 0 bridgehead atoms. The Morgan fingerprint density at radius 3 is 2.53 bits per heavy atom. The molecular formula is C17H18FN. The van der Waals surface area contributed by atoms with Crippen LogP contribution in [0.5, 0.6) is 0 Å². The molecule has 0 heterocycles. The van der Waals surface area contributed by atoms with Gasteiger partial charge in [0.05, 0.1) is 0 Å². The van der Waals surface area contributed by atoms with Gasteiger partial charge in [0.25, 0.3) is 0 Å². The zero-order valence-electron chi connectivity index (χ0n) is 11.1. The highest BCUT2D eigenvalue weighted by atomic mass is 19.1. The summed E-state index contributed by atoms with van der Waals surface area (Å²) in [7, 11) is 0. The highest BCUT2D eigenvalue weighted by Gasteiger charge is 2.22. The van der Waals surface area contributed by atoms with Crippen LogP contribution in [0.15, 0.2) is 42.5 Å². The summed E-state index contributed by atoms with van der Waals surface area (Å²) in [5.74, 6) is 0.640. The lowest BCUT2D eigenvalue weighted by Crippen LogP contribution is -2.02. The molecule has 1 fully saturated rings. The third-order valence-electron chi connectivity index (χ3n) is 3.78. The van der Waals surface area contributed by atoms with E-state index < -0.39 is 0 Å². The normalized spacial score (nSPS) is 14.4. The molecule has 1 N–H and O–H groups in total. The van der Waals surface area contributed by atoms with Gasteiger partial charge in [-0.05, 0) is 48.9 Å². The van der Waals surface area contributed by atoms with Crippen molar-refractivity contribution in [2.75, 3.05) is 5.32 Å². The first kappa shape index (κ1) is 12.2. The van der Waals surface area contributed by atoms with Crippen molar-refractivity contribution in [3.63, 3.8) is 0 Å². The van der Waals surface area contributed by atoms with Gasteiger partial charge in [-0.15, -0.1) is 0 Å². The molecule has 0 unspecified atom stereocenters. The largest absolute Gasteiger partial charge is 0.381 e. The third-order valence-corrected chi connectivity index (χ3v) is 3.78. The molecule has 0 radical (unpaired) electrons. The zero-order chi connectivity index (χ0) is 13.2. The van der Waals surface area contributed by atoms with E-state index in [1.165, 1.54) is 30.0 Å². The van der Waals surface area contributed by atoms with E-state index in [2.05, 4.69) is 29.6 Å². The van der Waals surface area contributed by atoms with E-state index in [1.54, 1.807) is 13.0 Å². The van der Waals surface area contributed by atoms with Crippen LogP contribution in [0.2, 0.25) is 0 Å². The van der Waals surface area contributed by atoms with Gasteiger partial charge in [0.2, 0.25) is 0 Å². The minimum atomic E-state index is -0.158. The Morgan fingerprint density at radius 1 is 1.11 bits per heavy atom. The van der Waals surface area contributed by atoms with Gasteiger partial charge in [-0.1, -0.05) is 30.3 Å². The van der Waals surface area contributed by atoms with Crippen LogP contribution < -0.4 is 5.32 Å². The predicted molar refractivity (Wildman–Crippen MR) is 76.9 cm³/mol. The second kappa shape index (κ2) is 5.04. The Kier molecular flexibility index (Phi) is 3.24. The number of benzene rings is 2. The standard InChI is InChI=1S/C17H18FN/c1-12-16(18)3-2-4-17(12)19-11-13-5-7-14(8-6-13)15-9-10-15/h2-8,15,19H,9-11H2,1H3. The summed E-state index contributed by atoms with van der Waals surface area (Å²) >= 11 is 0. The topological polar surface area (TPSA) is 12.0 Å². The molecule has 19 heavy (non-hydrogen) atoms. The number of hydrogen-bond acceptors (Lipinski definition) is 1. The van der Waals surface area contributed by atoms with Crippen LogP contribution in [0.4, 0.5) is 10.1 Å². The summed E-state index contributed by atoms with van der Waals surface area (Å²) < 4.78 is 13.4. The molecule has 2 aromatic carbocycles. The van der Waals surface area contributed by atoms with E-state index >= 15 is 0 Å². The molecule has 1 nitrogen and oxygen atoms in total. The van der Waals surface area contributed by atoms with Gasteiger partial charge in [0.15, 0.2) is 0 Å². The quantitative estimate of drug-likeness (QED) is 0.840. The van der Waals surface area contributed by atoms with Crippen molar-refractivity contribution in [1.29, 1.82) is 0 Å². The van der Waals surface area contributed by atoms with Crippen LogP contribution in [0.1, 0.15) is 35.4 Å². The Morgan fingerprint density at radius 2 is 1.84 bits per heavy atom. The summed E-state index contributed by atoms with van der Waals surface area (Å²) in [5, 5.41) is 3.29. The molecule has 2 aromatic rings. The van der Waals surface area contributed by atoms with E-state index in [9.17, 15) is 4.39 Å². The summed E-state index contributed by atoms with van der Waals surface area (Å²) in [5.41, 5.74) is 4.22. The van der Waals surface area contributed by atoms with Crippen molar-refractivity contribution >= 4 is 5.69 Å². The highest BCUT2D eigenvalue weighted by molar-refractivity contribution is 5.51. The minimum absolute atomic E-state index is 0.158. The Balaban J connectivity index is 1.66. The second-order valence-electron chi connectivity index (χ2n) is 5.28. The average molecular weight is 255 g/mol. The smallest absolute Gasteiger partial charge is 0.128 e. The molecule has 1 saturated carbocycles. The van der Waals surface area contributed by atoms with E-state index in [0.29, 0.717) is 5.56 Å². The summed E-state index contributed by atoms with van der Waals surface area (Å²) in [6, 6.07) is 13.9. The van der Waals surface area contributed by atoms with E-state index in [4.69, 9.17) is 0 Å². The van der Waals surface area contributed by atoms with Crippen LogP contribution in [0, 0.1) is 12.7 Å². The van der Waals surface area contributed by atoms with Gasteiger partial charge in [-0.25, -0.2) is 4.39 Å². The molecule has 2 heteroatoms. The molecule has 3 rings (SSSR count). The zero-order valence-corrected chi connectivity index (χ0v) is 11.1. The first-order valence-corrected chi connectivity index (χ1v) is 6.82. The number of halogens is 1. The van der Waals surface area contributed by atoms with Crippen molar-refractivity contribution in [2.45, 2.75) is 32.2 Å². The summed E-state index contributed by atoms with van der Waals surface area (Å²) in [6.07, 6.45) is 2.67. The van der Waals surface area contributed by atoms with Gasteiger partial charge < -0.3 is 5.32 Å². The molecular weight excluding hydrogens is 237 g/mol. The van der Waals surface area contributed by atoms with Crippen LogP contribution in [-0.2, 0) is 6.54 Å². The van der Waals surface area contributed by atoms with E-state index in [0.717, 1.165) is 18.2 Å². The molecule has 98 valence electrons. The lowest BCUT2D eigenvalue weighted by molar-refractivity contribution is 0.619. The van der Waals surface area contributed by atoms with E-state index in [-0.39, 0.29) is 5.82 Å². The van der Waals surface area contributed by atoms with Crippen LogP contribution in [0.25, 0.3) is 0 Å². The fourth-order valence-corrected chi connectivity index (χ4v) is 2.32. The first-order valence-electron chi connectivity index (χ1n) is 6.82. The van der Waals surface area contributed by atoms with Gasteiger partial charge in [0, 0.05) is 17.8 Å². The minimum Gasteiger partial charge on any atom is -0.381 e. The van der Waals surface area contributed by atoms with Crippen molar-refractivity contribution in [2.24, 2.45) is 0 Å². The molecule has 0 atom stereocenters. The maximum atomic E-state index is 13.4. The lowest BCUT2D eigenvalue weighted by atomic mass is 10.1. The Labute approximate surface area is 113 Å². The fourth-order valence-electron chi connectivity index (χ4n) is 2.32. The third kappa shape index (κ3) is 2.78.